The van der Waals surface area contributed by atoms with E-state index in [1.54, 1.807) is 0 Å². The Morgan fingerprint density at radius 3 is 2.50 bits per heavy atom. The number of nitrogens with zero attached hydrogens (tertiary/aromatic N) is 1. The normalized spacial score (nSPS) is 18.0. The number of carboxylic acids is 1. The summed E-state index contributed by atoms with van der Waals surface area (Å²) in [5.41, 5.74) is 0.409. The first-order chi connectivity index (χ1) is 13.3. The summed E-state index contributed by atoms with van der Waals surface area (Å²) in [6.45, 7) is 1.93. The largest absolute Gasteiger partial charge is 0.494 e. The molecule has 1 fully saturated rings. The van der Waals surface area contributed by atoms with E-state index in [1.165, 1.54) is 37.6 Å². The number of anilines is 1. The fourth-order valence-corrected chi connectivity index (χ4v) is 2.45. The third kappa shape index (κ3) is 5.71. The molecule has 7 nitrogen and oxygen atoms in total. The molecule has 1 aliphatic rings. The second kappa shape index (κ2) is 9.75. The van der Waals surface area contributed by atoms with Gasteiger partial charge in [-0.2, -0.15) is 4.39 Å². The number of pyridine rings is 1. The summed E-state index contributed by atoms with van der Waals surface area (Å²) in [5.74, 6) is -3.21. The second-order valence-corrected chi connectivity index (χ2v) is 6.00. The Morgan fingerprint density at radius 1 is 1.25 bits per heavy atom. The maximum Gasteiger partial charge on any atom is 0.354 e. The summed E-state index contributed by atoms with van der Waals surface area (Å²) in [4.78, 5) is 26.1. The van der Waals surface area contributed by atoms with Crippen molar-refractivity contribution in [2.24, 2.45) is 0 Å². The molecule has 1 aromatic carbocycles. The molecule has 1 aliphatic heterocycles. The highest BCUT2D eigenvalue weighted by Crippen LogP contribution is 2.20. The SMILES string of the molecule is CC1CCC(C(=O)Nc2ccc(C(=O)O)nc2)O1.COc1cccc(F)c1F. The first-order valence-corrected chi connectivity index (χ1v) is 8.45. The van der Waals surface area contributed by atoms with Crippen LogP contribution in [0.25, 0.3) is 0 Å². The summed E-state index contributed by atoms with van der Waals surface area (Å²) in [5, 5.41) is 11.3. The van der Waals surface area contributed by atoms with Crippen LogP contribution in [0.4, 0.5) is 14.5 Å². The lowest BCUT2D eigenvalue weighted by atomic mass is 10.2. The fourth-order valence-electron chi connectivity index (χ4n) is 2.45. The van der Waals surface area contributed by atoms with Crippen molar-refractivity contribution in [2.75, 3.05) is 12.4 Å². The maximum absolute atomic E-state index is 12.5. The van der Waals surface area contributed by atoms with Crippen molar-refractivity contribution >= 4 is 17.6 Å². The smallest absolute Gasteiger partial charge is 0.354 e. The number of nitrogens with one attached hydrogen (secondary N) is 1. The molecule has 1 amide bonds. The summed E-state index contributed by atoms with van der Waals surface area (Å²) in [6, 6.07) is 6.64. The van der Waals surface area contributed by atoms with Gasteiger partial charge in [0.1, 0.15) is 11.8 Å². The minimum absolute atomic E-state index is 0.0567. The Morgan fingerprint density at radius 2 is 2.00 bits per heavy atom. The number of hydrogen-bond acceptors (Lipinski definition) is 5. The van der Waals surface area contributed by atoms with Gasteiger partial charge >= 0.3 is 5.97 Å². The molecule has 0 radical (unpaired) electrons. The average Bonchev–Trinajstić information content (AvgIpc) is 3.11. The predicted octanol–water partition coefficient (Wildman–Crippen LogP) is 3.26. The molecule has 2 N–H and O–H groups in total. The van der Waals surface area contributed by atoms with Crippen molar-refractivity contribution in [2.45, 2.75) is 32.0 Å². The standard InChI is InChI=1S/C12H14N2O4.C7H6F2O/c1-7-2-5-10(18-7)11(15)14-8-3-4-9(12(16)17)13-6-8;1-10-6-4-2-3-5(8)7(6)9/h3-4,6-7,10H,2,5H2,1H3,(H,14,15)(H,16,17);2-4H,1H3. The minimum Gasteiger partial charge on any atom is -0.494 e. The van der Waals surface area contributed by atoms with Crippen LogP contribution >= 0.6 is 0 Å². The highest BCUT2D eigenvalue weighted by Gasteiger charge is 2.28. The van der Waals surface area contributed by atoms with Crippen molar-refractivity contribution in [3.63, 3.8) is 0 Å². The van der Waals surface area contributed by atoms with E-state index in [1.807, 2.05) is 6.92 Å². The summed E-state index contributed by atoms with van der Waals surface area (Å²) in [7, 11) is 1.29. The monoisotopic (exact) mass is 394 g/mol. The quantitative estimate of drug-likeness (QED) is 0.826. The minimum atomic E-state index is -1.10. The third-order valence-electron chi connectivity index (χ3n) is 3.91. The van der Waals surface area contributed by atoms with Crippen LogP contribution in [0.5, 0.6) is 5.75 Å². The van der Waals surface area contributed by atoms with E-state index < -0.39 is 23.7 Å². The third-order valence-corrected chi connectivity index (χ3v) is 3.91. The van der Waals surface area contributed by atoms with Crippen molar-refractivity contribution in [3.05, 3.63) is 53.9 Å². The maximum atomic E-state index is 12.5. The molecule has 2 atom stereocenters. The van der Waals surface area contributed by atoms with Gasteiger partial charge < -0.3 is 19.9 Å². The van der Waals surface area contributed by atoms with Gasteiger partial charge in [0.05, 0.1) is 25.1 Å². The fraction of sp³-hybridized carbons (Fsp3) is 0.316. The molecule has 28 heavy (non-hydrogen) atoms. The number of amides is 1. The lowest BCUT2D eigenvalue weighted by molar-refractivity contribution is -0.126. The Kier molecular flexibility index (Phi) is 7.39. The van der Waals surface area contributed by atoms with E-state index in [0.29, 0.717) is 12.1 Å². The van der Waals surface area contributed by atoms with Crippen molar-refractivity contribution in [3.8, 4) is 5.75 Å². The number of aromatic carboxylic acids is 1. The molecule has 0 saturated carbocycles. The van der Waals surface area contributed by atoms with Crippen LogP contribution in [0.1, 0.15) is 30.3 Å². The summed E-state index contributed by atoms with van der Waals surface area (Å²) < 4.78 is 34.8. The number of carbonyl (C=O) groups excluding carboxylic acids is 1. The van der Waals surface area contributed by atoms with Crippen molar-refractivity contribution in [1.29, 1.82) is 0 Å². The van der Waals surface area contributed by atoms with Crippen LogP contribution in [-0.2, 0) is 9.53 Å². The van der Waals surface area contributed by atoms with E-state index >= 15 is 0 Å². The summed E-state index contributed by atoms with van der Waals surface area (Å²) in [6.07, 6.45) is 2.56. The molecular formula is C19H20F2N2O5. The van der Waals surface area contributed by atoms with E-state index in [-0.39, 0.29) is 23.5 Å². The highest BCUT2D eigenvalue weighted by atomic mass is 19.2. The molecule has 1 saturated heterocycles. The zero-order valence-electron chi connectivity index (χ0n) is 15.3. The van der Waals surface area contributed by atoms with E-state index in [2.05, 4.69) is 15.0 Å². The molecule has 0 spiro atoms. The van der Waals surface area contributed by atoms with Crippen LogP contribution in [0, 0.1) is 11.6 Å². The Labute approximate surface area is 160 Å². The molecular weight excluding hydrogens is 374 g/mol. The number of methoxy groups -OCH3 is 1. The van der Waals surface area contributed by atoms with Gasteiger partial charge in [-0.1, -0.05) is 6.07 Å². The van der Waals surface area contributed by atoms with Crippen molar-refractivity contribution in [1.82, 2.24) is 4.98 Å². The predicted molar refractivity (Wildman–Crippen MR) is 96.3 cm³/mol. The van der Waals surface area contributed by atoms with Gasteiger partial charge in [-0.25, -0.2) is 14.2 Å². The lowest BCUT2D eigenvalue weighted by Gasteiger charge is -2.11. The first kappa shape index (κ1) is 21.2. The number of rotatable bonds is 4. The first-order valence-electron chi connectivity index (χ1n) is 8.45. The Bertz CT molecular complexity index is 830. The number of halogens is 2. The average molecular weight is 394 g/mol. The van der Waals surface area contributed by atoms with Gasteiger partial charge in [0.25, 0.3) is 5.91 Å². The molecule has 9 heteroatoms. The van der Waals surface area contributed by atoms with Gasteiger partial charge in [0.15, 0.2) is 11.6 Å². The van der Waals surface area contributed by atoms with E-state index in [4.69, 9.17) is 9.84 Å². The van der Waals surface area contributed by atoms with Crippen LogP contribution in [0.3, 0.4) is 0 Å². The van der Waals surface area contributed by atoms with Gasteiger partial charge in [-0.05, 0) is 44.0 Å². The number of carbonyl (C=O) groups is 2. The number of ether oxygens (including phenoxy) is 2. The summed E-state index contributed by atoms with van der Waals surface area (Å²) >= 11 is 0. The van der Waals surface area contributed by atoms with Crippen LogP contribution in [0.15, 0.2) is 36.5 Å². The van der Waals surface area contributed by atoms with Gasteiger partial charge in [0, 0.05) is 0 Å². The topological polar surface area (TPSA) is 97.8 Å². The lowest BCUT2D eigenvalue weighted by Crippen LogP contribution is -2.27. The van der Waals surface area contributed by atoms with Crippen molar-refractivity contribution < 1.29 is 33.0 Å². The molecule has 3 rings (SSSR count). The molecule has 2 heterocycles. The Hall–Kier alpha value is -3.07. The van der Waals surface area contributed by atoms with Crippen LogP contribution < -0.4 is 10.1 Å². The molecule has 0 bridgehead atoms. The highest BCUT2D eigenvalue weighted by molar-refractivity contribution is 5.94. The number of benzene rings is 1. The van der Waals surface area contributed by atoms with Crippen LogP contribution in [-0.4, -0.2) is 41.3 Å². The van der Waals surface area contributed by atoms with E-state index in [9.17, 15) is 18.4 Å². The van der Waals surface area contributed by atoms with Gasteiger partial charge in [0.2, 0.25) is 5.82 Å². The van der Waals surface area contributed by atoms with Gasteiger partial charge in [-0.15, -0.1) is 0 Å². The van der Waals surface area contributed by atoms with Gasteiger partial charge in [-0.3, -0.25) is 4.79 Å². The zero-order valence-corrected chi connectivity index (χ0v) is 15.3. The Balaban J connectivity index is 0.000000237. The molecule has 2 aromatic rings. The molecule has 150 valence electrons. The number of hydrogen-bond donors (Lipinski definition) is 2. The number of carboxylic acid groups (broad SMARTS) is 1. The molecule has 0 aliphatic carbocycles. The number of aromatic nitrogens is 1. The zero-order chi connectivity index (χ0) is 20.7. The molecule has 2 unspecified atom stereocenters. The second-order valence-electron chi connectivity index (χ2n) is 6.00. The van der Waals surface area contributed by atoms with Crippen LogP contribution in [0.2, 0.25) is 0 Å². The van der Waals surface area contributed by atoms with E-state index in [0.717, 1.165) is 12.5 Å². The molecule has 1 aromatic heterocycles.